The molecule has 0 bridgehead atoms. The van der Waals surface area contributed by atoms with Crippen molar-refractivity contribution in [1.82, 2.24) is 15.3 Å². The van der Waals surface area contributed by atoms with Crippen LogP contribution in [0, 0.1) is 0 Å². The van der Waals surface area contributed by atoms with Crippen molar-refractivity contribution >= 4 is 0 Å². The summed E-state index contributed by atoms with van der Waals surface area (Å²) in [4.78, 5) is 8.98. The highest BCUT2D eigenvalue weighted by molar-refractivity contribution is 5.10. The van der Waals surface area contributed by atoms with E-state index in [0.717, 1.165) is 30.8 Å². The van der Waals surface area contributed by atoms with Crippen molar-refractivity contribution in [3.05, 3.63) is 23.8 Å². The van der Waals surface area contributed by atoms with Gasteiger partial charge in [-0.25, -0.2) is 9.97 Å². The topological polar surface area (TPSA) is 56.3 Å². The molecule has 0 aliphatic carbocycles. The van der Waals surface area contributed by atoms with Gasteiger partial charge in [-0.1, -0.05) is 13.8 Å². The lowest BCUT2D eigenvalue weighted by molar-refractivity contribution is -0.1000. The maximum Gasteiger partial charge on any atom is 0.160 e. The highest BCUT2D eigenvalue weighted by Crippen LogP contribution is 2.32. The SMILES string of the molecule is COC1(c2ncc(CNC(C)C)cn2)CCOCC1. The van der Waals surface area contributed by atoms with Crippen LogP contribution in [0.4, 0.5) is 0 Å². The molecule has 5 heteroatoms. The van der Waals surface area contributed by atoms with Crippen LogP contribution in [0.25, 0.3) is 0 Å². The molecule has 0 atom stereocenters. The van der Waals surface area contributed by atoms with Gasteiger partial charge >= 0.3 is 0 Å². The van der Waals surface area contributed by atoms with Crippen LogP contribution in [-0.2, 0) is 21.6 Å². The van der Waals surface area contributed by atoms with Gasteiger partial charge in [-0.15, -0.1) is 0 Å². The lowest BCUT2D eigenvalue weighted by Gasteiger charge is -2.34. The second-order valence-electron chi connectivity index (χ2n) is 5.26. The maximum absolute atomic E-state index is 5.68. The first-order valence-corrected chi connectivity index (χ1v) is 6.84. The molecule has 1 aromatic rings. The van der Waals surface area contributed by atoms with Crippen molar-refractivity contribution in [2.75, 3.05) is 20.3 Å². The maximum atomic E-state index is 5.68. The Morgan fingerprint density at radius 3 is 2.47 bits per heavy atom. The van der Waals surface area contributed by atoms with Crippen LogP contribution in [0.5, 0.6) is 0 Å². The summed E-state index contributed by atoms with van der Waals surface area (Å²) >= 11 is 0. The predicted octanol–water partition coefficient (Wildman–Crippen LogP) is 1.63. The van der Waals surface area contributed by atoms with Gasteiger partial charge in [0.1, 0.15) is 5.60 Å². The third-order valence-electron chi connectivity index (χ3n) is 3.52. The Morgan fingerprint density at radius 1 is 1.32 bits per heavy atom. The third-order valence-corrected chi connectivity index (χ3v) is 3.52. The number of methoxy groups -OCH3 is 1. The van der Waals surface area contributed by atoms with Crippen LogP contribution in [-0.4, -0.2) is 36.3 Å². The molecule has 5 nitrogen and oxygen atoms in total. The zero-order valence-electron chi connectivity index (χ0n) is 12.0. The van der Waals surface area contributed by atoms with Crippen molar-refractivity contribution in [1.29, 1.82) is 0 Å². The molecule has 0 spiro atoms. The van der Waals surface area contributed by atoms with Crippen molar-refractivity contribution in [3.63, 3.8) is 0 Å². The van der Waals surface area contributed by atoms with Gasteiger partial charge < -0.3 is 14.8 Å². The first kappa shape index (κ1) is 14.4. The zero-order chi connectivity index (χ0) is 13.7. The fraction of sp³-hybridized carbons (Fsp3) is 0.714. The molecule has 19 heavy (non-hydrogen) atoms. The van der Waals surface area contributed by atoms with Crippen molar-refractivity contribution in [2.45, 2.75) is 44.9 Å². The number of nitrogens with one attached hydrogen (secondary N) is 1. The summed E-state index contributed by atoms with van der Waals surface area (Å²) in [6.07, 6.45) is 5.39. The van der Waals surface area contributed by atoms with Crippen molar-refractivity contribution in [3.8, 4) is 0 Å². The van der Waals surface area contributed by atoms with E-state index in [-0.39, 0.29) is 5.60 Å². The monoisotopic (exact) mass is 265 g/mol. The van der Waals surface area contributed by atoms with E-state index in [9.17, 15) is 0 Å². The van der Waals surface area contributed by atoms with E-state index in [1.807, 2.05) is 12.4 Å². The minimum atomic E-state index is -0.373. The molecule has 0 amide bonds. The first-order chi connectivity index (χ1) is 9.16. The Labute approximate surface area is 114 Å². The second-order valence-corrected chi connectivity index (χ2v) is 5.26. The molecule has 1 aromatic heterocycles. The predicted molar refractivity (Wildman–Crippen MR) is 72.7 cm³/mol. The zero-order valence-corrected chi connectivity index (χ0v) is 12.0. The van der Waals surface area contributed by atoms with Crippen LogP contribution in [0.15, 0.2) is 12.4 Å². The van der Waals surface area contributed by atoms with Gasteiger partial charge in [0.05, 0.1) is 0 Å². The molecule has 0 saturated carbocycles. The molecule has 0 radical (unpaired) electrons. The molecule has 2 heterocycles. The van der Waals surface area contributed by atoms with Crippen LogP contribution < -0.4 is 5.32 Å². The molecule has 1 saturated heterocycles. The minimum Gasteiger partial charge on any atom is -0.381 e. The summed E-state index contributed by atoms with van der Waals surface area (Å²) in [7, 11) is 1.73. The largest absolute Gasteiger partial charge is 0.381 e. The molecule has 2 rings (SSSR count). The van der Waals surface area contributed by atoms with Gasteiger partial charge in [0.25, 0.3) is 0 Å². The van der Waals surface area contributed by atoms with Gasteiger partial charge in [-0.05, 0) is 0 Å². The fourth-order valence-electron chi connectivity index (χ4n) is 2.22. The Kier molecular flexibility index (Phi) is 4.85. The quantitative estimate of drug-likeness (QED) is 0.877. The van der Waals surface area contributed by atoms with Crippen LogP contribution in [0.3, 0.4) is 0 Å². The van der Waals surface area contributed by atoms with Crippen LogP contribution in [0.2, 0.25) is 0 Å². The second kappa shape index (κ2) is 6.41. The molecule has 0 unspecified atom stereocenters. The normalized spacial score (nSPS) is 18.7. The van der Waals surface area contributed by atoms with Gasteiger partial charge in [0.15, 0.2) is 5.82 Å². The Bertz CT molecular complexity index is 386. The number of aromatic nitrogens is 2. The van der Waals surface area contributed by atoms with Crippen molar-refractivity contribution in [2.24, 2.45) is 0 Å². The summed E-state index contributed by atoms with van der Waals surface area (Å²) < 4.78 is 11.1. The van der Waals surface area contributed by atoms with Crippen LogP contribution >= 0.6 is 0 Å². The summed E-state index contributed by atoms with van der Waals surface area (Å²) in [6.45, 7) is 6.44. The number of rotatable bonds is 5. The first-order valence-electron chi connectivity index (χ1n) is 6.84. The molecule has 1 N–H and O–H groups in total. The Hall–Kier alpha value is -1.04. The minimum absolute atomic E-state index is 0.373. The average molecular weight is 265 g/mol. The lowest BCUT2D eigenvalue weighted by Crippen LogP contribution is -2.37. The smallest absolute Gasteiger partial charge is 0.160 e. The van der Waals surface area contributed by atoms with Gasteiger partial charge in [0.2, 0.25) is 0 Å². The Morgan fingerprint density at radius 2 is 1.95 bits per heavy atom. The molecule has 1 fully saturated rings. The number of nitrogens with zero attached hydrogens (tertiary/aromatic N) is 2. The van der Waals surface area contributed by atoms with Gasteiger partial charge in [0, 0.05) is 63.7 Å². The molecule has 0 aromatic carbocycles. The van der Waals surface area contributed by atoms with E-state index >= 15 is 0 Å². The summed E-state index contributed by atoms with van der Waals surface area (Å²) in [5, 5.41) is 3.35. The third kappa shape index (κ3) is 3.49. The van der Waals surface area contributed by atoms with E-state index < -0.39 is 0 Å². The summed E-state index contributed by atoms with van der Waals surface area (Å²) in [5.41, 5.74) is 0.721. The molecule has 1 aliphatic rings. The van der Waals surface area contributed by atoms with E-state index in [1.54, 1.807) is 7.11 Å². The van der Waals surface area contributed by atoms with Gasteiger partial charge in [-0.2, -0.15) is 0 Å². The lowest BCUT2D eigenvalue weighted by atomic mass is 9.93. The van der Waals surface area contributed by atoms with E-state index in [1.165, 1.54) is 0 Å². The average Bonchev–Trinajstić information content (AvgIpc) is 2.46. The summed E-state index contributed by atoms with van der Waals surface area (Å²) in [6, 6.07) is 0.459. The molecule has 106 valence electrons. The van der Waals surface area contributed by atoms with E-state index in [2.05, 4.69) is 29.1 Å². The molecular formula is C14H23N3O2. The Balaban J connectivity index is 2.07. The van der Waals surface area contributed by atoms with Crippen molar-refractivity contribution < 1.29 is 9.47 Å². The van der Waals surface area contributed by atoms with E-state index in [0.29, 0.717) is 19.3 Å². The highest BCUT2D eigenvalue weighted by atomic mass is 16.5. The number of ether oxygens (including phenoxy) is 2. The highest BCUT2D eigenvalue weighted by Gasteiger charge is 2.37. The molecular weight excluding hydrogens is 242 g/mol. The fourth-order valence-corrected chi connectivity index (χ4v) is 2.22. The summed E-state index contributed by atoms with van der Waals surface area (Å²) in [5.74, 6) is 0.770. The van der Waals surface area contributed by atoms with E-state index in [4.69, 9.17) is 9.47 Å². The molecule has 1 aliphatic heterocycles. The van der Waals surface area contributed by atoms with Crippen LogP contribution in [0.1, 0.15) is 38.1 Å². The van der Waals surface area contributed by atoms with Gasteiger partial charge in [-0.3, -0.25) is 0 Å². The number of hydrogen-bond acceptors (Lipinski definition) is 5. The standard InChI is InChI=1S/C14H23N3O2/c1-11(2)15-8-12-9-16-13(17-10-12)14(18-3)4-6-19-7-5-14/h9-11,15H,4-8H2,1-3H3. The number of hydrogen-bond donors (Lipinski definition) is 1.